The van der Waals surface area contributed by atoms with E-state index in [-0.39, 0.29) is 5.91 Å². The molecule has 132 valence electrons. The van der Waals surface area contributed by atoms with E-state index in [1.807, 2.05) is 17.8 Å². The van der Waals surface area contributed by atoms with Crippen LogP contribution in [0.5, 0.6) is 0 Å². The maximum Gasteiger partial charge on any atom is 0.239 e. The molecule has 5 heteroatoms. The second-order valence-corrected chi connectivity index (χ2v) is 7.48. The first kappa shape index (κ1) is 16.3. The van der Waals surface area contributed by atoms with E-state index in [1.165, 1.54) is 24.0 Å². The number of anilines is 1. The molecular weight excluding hydrogens is 312 g/mol. The summed E-state index contributed by atoms with van der Waals surface area (Å²) in [5, 5.41) is 7.61. The number of hydrogen-bond acceptors (Lipinski definition) is 3. The van der Waals surface area contributed by atoms with Gasteiger partial charge in [-0.25, -0.2) is 4.68 Å². The van der Waals surface area contributed by atoms with Crippen molar-refractivity contribution >= 4 is 11.7 Å². The van der Waals surface area contributed by atoms with Gasteiger partial charge in [0.05, 0.1) is 18.8 Å². The van der Waals surface area contributed by atoms with Gasteiger partial charge in [-0.1, -0.05) is 24.3 Å². The Hall–Kier alpha value is -2.14. The van der Waals surface area contributed by atoms with E-state index in [0.717, 1.165) is 30.9 Å². The van der Waals surface area contributed by atoms with Crippen LogP contribution in [-0.4, -0.2) is 33.7 Å². The highest BCUT2D eigenvalue weighted by Crippen LogP contribution is 2.40. The van der Waals surface area contributed by atoms with Gasteiger partial charge in [0, 0.05) is 18.7 Å². The Balaban J connectivity index is 1.41. The molecule has 1 fully saturated rings. The van der Waals surface area contributed by atoms with Crippen LogP contribution in [0, 0.1) is 12.8 Å². The summed E-state index contributed by atoms with van der Waals surface area (Å²) in [6, 6.07) is 8.87. The maximum atomic E-state index is 12.6. The third-order valence-corrected chi connectivity index (χ3v) is 5.50. The fraction of sp³-hybridized carbons (Fsp3) is 0.500. The zero-order valence-electron chi connectivity index (χ0n) is 15.0. The number of carbonyl (C=O) groups is 1. The van der Waals surface area contributed by atoms with Crippen LogP contribution in [0.15, 0.2) is 30.5 Å². The van der Waals surface area contributed by atoms with Gasteiger partial charge < -0.3 is 5.32 Å². The molecule has 0 bridgehead atoms. The number of benzene rings is 1. The lowest BCUT2D eigenvalue weighted by molar-refractivity contribution is -0.117. The fourth-order valence-corrected chi connectivity index (χ4v) is 3.76. The van der Waals surface area contributed by atoms with Crippen molar-refractivity contribution in [1.82, 2.24) is 14.7 Å². The number of aromatic nitrogens is 2. The average molecular weight is 338 g/mol. The van der Waals surface area contributed by atoms with Crippen LogP contribution < -0.4 is 5.32 Å². The van der Waals surface area contributed by atoms with Gasteiger partial charge in [0.15, 0.2) is 0 Å². The van der Waals surface area contributed by atoms with Crippen molar-refractivity contribution in [1.29, 1.82) is 0 Å². The van der Waals surface area contributed by atoms with Crippen molar-refractivity contribution < 1.29 is 4.79 Å². The number of hydrogen-bond donors (Lipinski definition) is 1. The largest absolute Gasteiger partial charge is 0.310 e. The number of rotatable bonds is 5. The highest BCUT2D eigenvalue weighted by Gasteiger charge is 2.31. The number of fused-ring (bicyclic) bond motifs is 1. The van der Waals surface area contributed by atoms with Gasteiger partial charge in [0.1, 0.15) is 5.82 Å². The van der Waals surface area contributed by atoms with Crippen LogP contribution in [0.2, 0.25) is 0 Å². The van der Waals surface area contributed by atoms with E-state index in [9.17, 15) is 4.79 Å². The van der Waals surface area contributed by atoms with E-state index in [0.29, 0.717) is 18.5 Å². The van der Waals surface area contributed by atoms with Crippen molar-refractivity contribution in [3.63, 3.8) is 0 Å². The molecule has 2 heterocycles. The van der Waals surface area contributed by atoms with E-state index in [2.05, 4.69) is 46.5 Å². The second-order valence-electron chi connectivity index (χ2n) is 7.48. The third-order valence-electron chi connectivity index (χ3n) is 5.50. The zero-order chi connectivity index (χ0) is 17.4. The minimum Gasteiger partial charge on any atom is -0.310 e. The topological polar surface area (TPSA) is 50.2 Å². The molecule has 1 aliphatic heterocycles. The second kappa shape index (κ2) is 6.64. The molecule has 25 heavy (non-hydrogen) atoms. The zero-order valence-corrected chi connectivity index (χ0v) is 15.0. The molecule has 0 radical (unpaired) electrons. The van der Waals surface area contributed by atoms with Crippen molar-refractivity contribution in [2.75, 3.05) is 18.4 Å². The summed E-state index contributed by atoms with van der Waals surface area (Å²) in [5.74, 6) is 1.61. The summed E-state index contributed by atoms with van der Waals surface area (Å²) < 4.78 is 2.00. The average Bonchev–Trinajstić information content (AvgIpc) is 3.40. The predicted molar refractivity (Wildman–Crippen MR) is 98.5 cm³/mol. The minimum absolute atomic E-state index is 0.0484. The summed E-state index contributed by atoms with van der Waals surface area (Å²) in [6.07, 6.45) is 5.39. The molecule has 1 atom stereocenters. The SMILES string of the molecule is Cc1cnn(C(C)C2CC2)c1NC(=O)CN1CCc2ccccc2C1. The van der Waals surface area contributed by atoms with E-state index in [1.54, 1.807) is 0 Å². The molecule has 1 aliphatic carbocycles. The molecule has 1 N–H and O–H groups in total. The Kier molecular flexibility index (Phi) is 4.34. The lowest BCUT2D eigenvalue weighted by Gasteiger charge is -2.28. The third kappa shape index (κ3) is 3.47. The van der Waals surface area contributed by atoms with Crippen molar-refractivity contribution in [2.24, 2.45) is 5.92 Å². The molecule has 5 nitrogen and oxygen atoms in total. The van der Waals surface area contributed by atoms with E-state index >= 15 is 0 Å². The van der Waals surface area contributed by atoms with Crippen molar-refractivity contribution in [2.45, 2.75) is 45.7 Å². The quantitative estimate of drug-likeness (QED) is 0.911. The summed E-state index contributed by atoms with van der Waals surface area (Å²) in [4.78, 5) is 14.8. The van der Waals surface area contributed by atoms with Crippen LogP contribution >= 0.6 is 0 Å². The smallest absolute Gasteiger partial charge is 0.239 e. The minimum atomic E-state index is 0.0484. The molecule has 1 amide bonds. The number of amides is 1. The normalized spacial score (nSPS) is 18.6. The molecule has 4 rings (SSSR count). The van der Waals surface area contributed by atoms with Crippen LogP contribution in [-0.2, 0) is 17.8 Å². The number of aryl methyl sites for hydroxylation is 1. The van der Waals surface area contributed by atoms with Gasteiger partial charge in [-0.05, 0) is 50.2 Å². The number of nitrogens with one attached hydrogen (secondary N) is 1. The van der Waals surface area contributed by atoms with Gasteiger partial charge in [0.2, 0.25) is 5.91 Å². The molecule has 1 saturated carbocycles. The Morgan fingerprint density at radius 3 is 2.84 bits per heavy atom. The van der Waals surface area contributed by atoms with Crippen molar-refractivity contribution in [3.8, 4) is 0 Å². The van der Waals surface area contributed by atoms with Gasteiger partial charge in [-0.15, -0.1) is 0 Å². The highest BCUT2D eigenvalue weighted by atomic mass is 16.2. The Bertz CT molecular complexity index is 778. The first-order chi connectivity index (χ1) is 12.1. The van der Waals surface area contributed by atoms with Gasteiger partial charge in [-0.2, -0.15) is 5.10 Å². The molecule has 0 saturated heterocycles. The lowest BCUT2D eigenvalue weighted by atomic mass is 10.00. The van der Waals surface area contributed by atoms with Crippen molar-refractivity contribution in [3.05, 3.63) is 47.2 Å². The molecule has 2 aromatic rings. The molecule has 1 aromatic carbocycles. The monoisotopic (exact) mass is 338 g/mol. The van der Waals surface area contributed by atoms with E-state index < -0.39 is 0 Å². The van der Waals surface area contributed by atoms with Crippen LogP contribution in [0.1, 0.15) is 42.5 Å². The molecule has 0 spiro atoms. The number of nitrogens with zero attached hydrogens (tertiary/aromatic N) is 3. The standard InChI is InChI=1S/C20H26N4O/c1-14-11-21-24(15(2)16-7-8-16)20(14)22-19(25)13-23-10-9-17-5-3-4-6-18(17)12-23/h3-6,11,15-16H,7-10,12-13H2,1-2H3,(H,22,25). The summed E-state index contributed by atoms with van der Waals surface area (Å²) in [5.41, 5.74) is 3.78. The van der Waals surface area contributed by atoms with Crippen LogP contribution in [0.25, 0.3) is 0 Å². The first-order valence-corrected chi connectivity index (χ1v) is 9.25. The van der Waals surface area contributed by atoms with Gasteiger partial charge in [-0.3, -0.25) is 9.69 Å². The lowest BCUT2D eigenvalue weighted by Crippen LogP contribution is -2.37. The number of carbonyl (C=O) groups excluding carboxylic acids is 1. The molecule has 1 aromatic heterocycles. The molecule has 1 unspecified atom stereocenters. The van der Waals surface area contributed by atoms with Crippen LogP contribution in [0.3, 0.4) is 0 Å². The Labute approximate surface area is 149 Å². The summed E-state index contributed by atoms with van der Waals surface area (Å²) >= 11 is 0. The van der Waals surface area contributed by atoms with Gasteiger partial charge in [0.25, 0.3) is 0 Å². The van der Waals surface area contributed by atoms with Crippen LogP contribution in [0.4, 0.5) is 5.82 Å². The van der Waals surface area contributed by atoms with Gasteiger partial charge >= 0.3 is 0 Å². The van der Waals surface area contributed by atoms with E-state index in [4.69, 9.17) is 0 Å². The summed E-state index contributed by atoms with van der Waals surface area (Å²) in [6.45, 7) is 6.41. The molecule has 2 aliphatic rings. The maximum absolute atomic E-state index is 12.6. The summed E-state index contributed by atoms with van der Waals surface area (Å²) in [7, 11) is 0. The highest BCUT2D eigenvalue weighted by molar-refractivity contribution is 5.92. The Morgan fingerprint density at radius 2 is 2.08 bits per heavy atom. The Morgan fingerprint density at radius 1 is 1.32 bits per heavy atom. The molecular formula is C20H26N4O. The predicted octanol–water partition coefficient (Wildman–Crippen LogP) is 3.16. The fourth-order valence-electron chi connectivity index (χ4n) is 3.76. The first-order valence-electron chi connectivity index (χ1n) is 9.25.